The number of aryl methyl sites for hydroxylation is 1. The highest BCUT2D eigenvalue weighted by atomic mass is 16.2. The number of hydrogen-bond donors (Lipinski definition) is 0. The van der Waals surface area contributed by atoms with Crippen molar-refractivity contribution in [1.29, 1.82) is 0 Å². The zero-order valence-electron chi connectivity index (χ0n) is 19.6. The Morgan fingerprint density at radius 3 is 2.31 bits per heavy atom. The van der Waals surface area contributed by atoms with Crippen molar-refractivity contribution in [2.45, 2.75) is 31.6 Å². The molecular weight excluding hydrogens is 446 g/mol. The Bertz CT molecular complexity index is 1310. The van der Waals surface area contributed by atoms with Crippen LogP contribution in [0.3, 0.4) is 0 Å². The van der Waals surface area contributed by atoms with Crippen molar-refractivity contribution in [2.24, 2.45) is 7.05 Å². The molecule has 1 unspecified atom stereocenters. The van der Waals surface area contributed by atoms with E-state index in [9.17, 15) is 19.2 Å². The van der Waals surface area contributed by atoms with Gasteiger partial charge in [0.25, 0.3) is 11.8 Å². The van der Waals surface area contributed by atoms with Crippen LogP contribution in [0.2, 0.25) is 0 Å². The van der Waals surface area contributed by atoms with E-state index >= 15 is 0 Å². The number of nitrogens with zero attached hydrogens (tertiary/aromatic N) is 5. The predicted octanol–water partition coefficient (Wildman–Crippen LogP) is 2.35. The Hall–Kier alpha value is -4.01. The van der Waals surface area contributed by atoms with Crippen LogP contribution in [0.4, 0.5) is 0 Å². The fourth-order valence-electron chi connectivity index (χ4n) is 4.97. The first-order valence-corrected chi connectivity index (χ1v) is 11.9. The highest BCUT2D eigenvalue weighted by Crippen LogP contribution is 2.27. The molecule has 1 fully saturated rings. The third kappa shape index (κ3) is 4.18. The number of fused-ring (bicyclic) bond motifs is 1. The van der Waals surface area contributed by atoms with Crippen molar-refractivity contribution in [1.82, 2.24) is 24.1 Å². The van der Waals surface area contributed by atoms with Gasteiger partial charge in [-0.3, -0.25) is 19.3 Å². The first-order valence-electron chi connectivity index (χ1n) is 11.9. The molecule has 180 valence electrons. The van der Waals surface area contributed by atoms with Crippen molar-refractivity contribution in [2.75, 3.05) is 19.6 Å². The van der Waals surface area contributed by atoms with E-state index in [-0.39, 0.29) is 42.3 Å². The summed E-state index contributed by atoms with van der Waals surface area (Å²) in [5.74, 6) is -0.0173. The highest BCUT2D eigenvalue weighted by Gasteiger charge is 2.35. The summed E-state index contributed by atoms with van der Waals surface area (Å²) in [7, 11) is 1.64. The number of amides is 3. The van der Waals surface area contributed by atoms with Crippen LogP contribution in [0.25, 0.3) is 5.69 Å². The molecule has 2 aliphatic rings. The van der Waals surface area contributed by atoms with Crippen LogP contribution in [-0.2, 0) is 11.8 Å². The lowest BCUT2D eigenvalue weighted by atomic mass is 9.96. The van der Waals surface area contributed by atoms with Crippen LogP contribution in [0.1, 0.15) is 58.1 Å². The summed E-state index contributed by atoms with van der Waals surface area (Å²) in [4.78, 5) is 53.9. The summed E-state index contributed by atoms with van der Waals surface area (Å²) in [6, 6.07) is 16.2. The molecule has 0 saturated carbocycles. The number of carbonyl (C=O) groups is 3. The molecule has 0 radical (unpaired) electrons. The quantitative estimate of drug-likeness (QED) is 0.512. The Morgan fingerprint density at radius 1 is 0.971 bits per heavy atom. The van der Waals surface area contributed by atoms with Gasteiger partial charge >= 0.3 is 5.69 Å². The summed E-state index contributed by atoms with van der Waals surface area (Å²) >= 11 is 0. The number of carbonyl (C=O) groups excluding carboxylic acids is 3. The standard InChI is InChI=1S/C26H27N5O4/c1-28-26(35)31(19-10-3-2-4-11-19)23(27-28)18-9-7-15-29(17-18)22(32)14-8-16-30-24(33)20-12-5-6-13-21(20)25(30)34/h2-6,10-13,18H,7-9,14-17H2,1H3. The van der Waals surface area contributed by atoms with E-state index in [2.05, 4.69) is 5.10 Å². The zero-order chi connectivity index (χ0) is 24.5. The highest BCUT2D eigenvalue weighted by molar-refractivity contribution is 6.21. The van der Waals surface area contributed by atoms with Crippen LogP contribution in [-0.4, -0.2) is 61.5 Å². The fraction of sp³-hybridized carbons (Fsp3) is 0.346. The molecule has 1 atom stereocenters. The number of aromatic nitrogens is 3. The molecule has 9 nitrogen and oxygen atoms in total. The summed E-state index contributed by atoms with van der Waals surface area (Å²) in [6.07, 6.45) is 2.30. The Morgan fingerprint density at radius 2 is 1.63 bits per heavy atom. The molecule has 2 aromatic carbocycles. The van der Waals surface area contributed by atoms with Crippen LogP contribution >= 0.6 is 0 Å². The van der Waals surface area contributed by atoms with Gasteiger partial charge in [0.05, 0.1) is 16.8 Å². The molecule has 3 aromatic rings. The third-order valence-electron chi connectivity index (χ3n) is 6.75. The first-order chi connectivity index (χ1) is 17.0. The van der Waals surface area contributed by atoms with E-state index in [1.807, 2.05) is 35.2 Å². The molecule has 9 heteroatoms. The molecule has 0 bridgehead atoms. The molecule has 3 amide bonds. The van der Waals surface area contributed by atoms with Crippen LogP contribution in [0.5, 0.6) is 0 Å². The topological polar surface area (TPSA) is 97.5 Å². The molecule has 35 heavy (non-hydrogen) atoms. The first kappa shape index (κ1) is 22.8. The molecule has 1 saturated heterocycles. The second-order valence-corrected chi connectivity index (χ2v) is 9.03. The normalized spacial score (nSPS) is 17.7. The average Bonchev–Trinajstić information content (AvgIpc) is 3.32. The summed E-state index contributed by atoms with van der Waals surface area (Å²) in [6.45, 7) is 1.34. The number of para-hydroxylation sites is 1. The lowest BCUT2D eigenvalue weighted by molar-refractivity contribution is -0.132. The molecular formula is C26H27N5O4. The second-order valence-electron chi connectivity index (χ2n) is 9.03. The van der Waals surface area contributed by atoms with Gasteiger partial charge in [-0.05, 0) is 43.5 Å². The van der Waals surface area contributed by atoms with Crippen molar-refractivity contribution < 1.29 is 14.4 Å². The molecule has 5 rings (SSSR count). The van der Waals surface area contributed by atoms with Gasteiger partial charge in [-0.25, -0.2) is 14.0 Å². The van der Waals surface area contributed by atoms with E-state index in [1.54, 1.807) is 35.9 Å². The van der Waals surface area contributed by atoms with E-state index < -0.39 is 0 Å². The van der Waals surface area contributed by atoms with Gasteiger partial charge in [-0.15, -0.1) is 0 Å². The van der Waals surface area contributed by atoms with Gasteiger partial charge in [0.1, 0.15) is 5.82 Å². The van der Waals surface area contributed by atoms with Crippen molar-refractivity contribution in [3.05, 3.63) is 82.0 Å². The Balaban J connectivity index is 1.23. The maximum Gasteiger partial charge on any atom is 0.350 e. The van der Waals surface area contributed by atoms with Crippen molar-refractivity contribution >= 4 is 17.7 Å². The fourth-order valence-corrected chi connectivity index (χ4v) is 4.97. The number of benzene rings is 2. The maximum atomic E-state index is 13.0. The average molecular weight is 474 g/mol. The Labute approximate surface area is 202 Å². The van der Waals surface area contributed by atoms with E-state index in [0.717, 1.165) is 18.5 Å². The van der Waals surface area contributed by atoms with Gasteiger partial charge in [0.15, 0.2) is 0 Å². The lowest BCUT2D eigenvalue weighted by Crippen LogP contribution is -2.40. The van der Waals surface area contributed by atoms with Crippen LogP contribution in [0.15, 0.2) is 59.4 Å². The number of imide groups is 1. The van der Waals surface area contributed by atoms with Crippen LogP contribution in [0, 0.1) is 0 Å². The second kappa shape index (κ2) is 9.32. The van der Waals surface area contributed by atoms with E-state index in [0.29, 0.717) is 36.5 Å². The maximum absolute atomic E-state index is 13.0. The molecule has 1 aromatic heterocycles. The largest absolute Gasteiger partial charge is 0.350 e. The number of hydrogen-bond acceptors (Lipinski definition) is 5. The molecule has 0 aliphatic carbocycles. The SMILES string of the molecule is Cn1nc(C2CCCN(C(=O)CCCN3C(=O)c4ccccc4C3=O)C2)n(-c2ccccc2)c1=O. The minimum atomic E-state index is -0.301. The monoisotopic (exact) mass is 473 g/mol. The van der Waals surface area contributed by atoms with E-state index in [1.165, 1.54) is 9.58 Å². The van der Waals surface area contributed by atoms with Gasteiger partial charge in [0.2, 0.25) is 5.91 Å². The molecule has 0 N–H and O–H groups in total. The lowest BCUT2D eigenvalue weighted by Gasteiger charge is -2.32. The smallest absolute Gasteiger partial charge is 0.342 e. The zero-order valence-corrected chi connectivity index (χ0v) is 19.6. The molecule has 2 aliphatic heterocycles. The van der Waals surface area contributed by atoms with Crippen molar-refractivity contribution in [3.8, 4) is 5.69 Å². The molecule has 3 heterocycles. The summed E-state index contributed by atoms with van der Waals surface area (Å²) in [5, 5.41) is 4.50. The minimum Gasteiger partial charge on any atom is -0.342 e. The summed E-state index contributed by atoms with van der Waals surface area (Å²) < 4.78 is 2.96. The Kier molecular flexibility index (Phi) is 6.07. The van der Waals surface area contributed by atoms with Gasteiger partial charge in [-0.1, -0.05) is 30.3 Å². The minimum absolute atomic E-state index is 0.0177. The van der Waals surface area contributed by atoms with Gasteiger partial charge in [-0.2, -0.15) is 5.10 Å². The summed E-state index contributed by atoms with van der Waals surface area (Å²) in [5.41, 5.74) is 1.38. The van der Waals surface area contributed by atoms with Gasteiger partial charge in [0, 0.05) is 39.0 Å². The van der Waals surface area contributed by atoms with E-state index in [4.69, 9.17) is 0 Å². The third-order valence-corrected chi connectivity index (χ3v) is 6.75. The molecule has 0 spiro atoms. The van der Waals surface area contributed by atoms with Crippen molar-refractivity contribution in [3.63, 3.8) is 0 Å². The van der Waals surface area contributed by atoms with Gasteiger partial charge < -0.3 is 4.90 Å². The number of piperidine rings is 1. The van der Waals surface area contributed by atoms with Crippen LogP contribution < -0.4 is 5.69 Å². The number of likely N-dealkylation sites (tertiary alicyclic amines) is 1. The predicted molar refractivity (Wildman–Crippen MR) is 128 cm³/mol. The number of rotatable bonds is 6.